The van der Waals surface area contributed by atoms with Crippen LogP contribution in [0, 0.1) is 11.7 Å². The summed E-state index contributed by atoms with van der Waals surface area (Å²) in [5.74, 6) is -0.102. The average molecular weight is 339 g/mol. The van der Waals surface area contributed by atoms with Gasteiger partial charge in [0.25, 0.3) is 5.91 Å². The number of aliphatic hydroxyl groups excluding tert-OH is 1. The third kappa shape index (κ3) is 3.51. The van der Waals surface area contributed by atoms with Crippen molar-refractivity contribution in [3.05, 3.63) is 46.8 Å². The molecule has 1 aromatic heterocycles. The van der Waals surface area contributed by atoms with Crippen LogP contribution >= 0.6 is 11.6 Å². The van der Waals surface area contributed by atoms with Crippen LogP contribution in [0.2, 0.25) is 5.02 Å². The van der Waals surface area contributed by atoms with E-state index in [-0.39, 0.29) is 28.3 Å². The molecule has 2 aromatic rings. The Balaban J connectivity index is 1.59. The number of carbonyl (C=O) groups is 1. The zero-order valence-corrected chi connectivity index (χ0v) is 12.9. The van der Waals surface area contributed by atoms with Crippen LogP contribution in [0.4, 0.5) is 4.39 Å². The van der Waals surface area contributed by atoms with Crippen LogP contribution < -0.4 is 5.32 Å². The van der Waals surface area contributed by atoms with Gasteiger partial charge >= 0.3 is 0 Å². The van der Waals surface area contributed by atoms with Crippen LogP contribution in [-0.4, -0.2) is 38.8 Å². The second-order valence-electron chi connectivity index (χ2n) is 5.70. The quantitative estimate of drug-likeness (QED) is 0.794. The SMILES string of the molecule is O=C(NC[C@@H]1C[C@@H](c2ncn[nH]2)C[C@@H]1O)c1ccc(F)cc1Cl. The first kappa shape index (κ1) is 15.9. The number of aliphatic hydroxyl groups is 1. The van der Waals surface area contributed by atoms with E-state index in [9.17, 15) is 14.3 Å². The largest absolute Gasteiger partial charge is 0.393 e. The summed E-state index contributed by atoms with van der Waals surface area (Å²) in [6, 6.07) is 3.63. The summed E-state index contributed by atoms with van der Waals surface area (Å²) in [5.41, 5.74) is 0.215. The number of nitrogens with one attached hydrogen (secondary N) is 2. The number of H-pyrrole nitrogens is 1. The Bertz CT molecular complexity index is 695. The number of amides is 1. The van der Waals surface area contributed by atoms with Crippen LogP contribution in [0.1, 0.15) is 34.9 Å². The van der Waals surface area contributed by atoms with E-state index < -0.39 is 11.9 Å². The minimum Gasteiger partial charge on any atom is -0.393 e. The van der Waals surface area contributed by atoms with Crippen LogP contribution in [0.3, 0.4) is 0 Å². The van der Waals surface area contributed by atoms with Crippen LogP contribution in [0.25, 0.3) is 0 Å². The van der Waals surface area contributed by atoms with Crippen LogP contribution in [0.5, 0.6) is 0 Å². The first-order valence-electron chi connectivity index (χ1n) is 7.31. The summed E-state index contributed by atoms with van der Waals surface area (Å²) < 4.78 is 13.0. The molecular formula is C15H16ClFN4O2. The topological polar surface area (TPSA) is 90.9 Å². The molecule has 23 heavy (non-hydrogen) atoms. The Morgan fingerprint density at radius 1 is 1.48 bits per heavy atom. The van der Waals surface area contributed by atoms with Gasteiger partial charge in [0, 0.05) is 18.4 Å². The molecule has 0 spiro atoms. The standard InChI is InChI=1S/C15H16ClFN4O2/c16-12-5-10(17)1-2-11(12)15(23)18-6-9-3-8(4-13(9)22)14-19-7-20-21-14/h1-2,5,7-9,13,22H,3-4,6H2,(H,18,23)(H,19,20,21)/t8-,9+,13+/m1/s1. The molecule has 1 amide bonds. The Labute approximate surface area is 137 Å². The molecule has 1 aromatic carbocycles. The van der Waals surface area contributed by atoms with Gasteiger partial charge in [0.15, 0.2) is 0 Å². The Kier molecular flexibility index (Phi) is 4.58. The van der Waals surface area contributed by atoms with Crippen molar-refractivity contribution >= 4 is 17.5 Å². The lowest BCUT2D eigenvalue weighted by atomic mass is 10.0. The molecule has 3 rings (SSSR count). The number of nitrogens with zero attached hydrogens (tertiary/aromatic N) is 2. The van der Waals surface area contributed by atoms with E-state index in [1.165, 1.54) is 18.5 Å². The van der Waals surface area contributed by atoms with Gasteiger partial charge in [-0.25, -0.2) is 9.37 Å². The smallest absolute Gasteiger partial charge is 0.252 e. The molecule has 1 heterocycles. The number of hydrogen-bond donors (Lipinski definition) is 3. The molecule has 1 aliphatic rings. The highest BCUT2D eigenvalue weighted by Crippen LogP contribution is 2.36. The molecule has 6 nitrogen and oxygen atoms in total. The van der Waals surface area contributed by atoms with Gasteiger partial charge in [0.2, 0.25) is 0 Å². The van der Waals surface area contributed by atoms with Crippen molar-refractivity contribution < 1.29 is 14.3 Å². The zero-order valence-electron chi connectivity index (χ0n) is 12.2. The molecule has 3 N–H and O–H groups in total. The van der Waals surface area contributed by atoms with Crippen molar-refractivity contribution in [1.29, 1.82) is 0 Å². The molecule has 1 fully saturated rings. The second-order valence-corrected chi connectivity index (χ2v) is 6.11. The lowest BCUT2D eigenvalue weighted by Gasteiger charge is -2.15. The van der Waals surface area contributed by atoms with Gasteiger partial charge in [0.1, 0.15) is 18.0 Å². The predicted octanol–water partition coefficient (Wildman–Crippen LogP) is 1.88. The average Bonchev–Trinajstić information content (AvgIpc) is 3.14. The summed E-state index contributed by atoms with van der Waals surface area (Å²) in [7, 11) is 0. The first-order valence-corrected chi connectivity index (χ1v) is 7.69. The van der Waals surface area contributed by atoms with Crippen LogP contribution in [0.15, 0.2) is 24.5 Å². The molecular weight excluding hydrogens is 323 g/mol. The number of halogens is 2. The fourth-order valence-corrected chi connectivity index (χ4v) is 3.20. The van der Waals surface area contributed by atoms with E-state index >= 15 is 0 Å². The number of benzene rings is 1. The van der Waals surface area contributed by atoms with Crippen molar-refractivity contribution in [3.8, 4) is 0 Å². The number of aromatic nitrogens is 3. The lowest BCUT2D eigenvalue weighted by molar-refractivity contribution is 0.0917. The second kappa shape index (κ2) is 6.64. The van der Waals surface area contributed by atoms with Gasteiger partial charge < -0.3 is 10.4 Å². The number of rotatable bonds is 4. The third-order valence-corrected chi connectivity index (χ3v) is 4.49. The molecule has 0 radical (unpaired) electrons. The fourth-order valence-electron chi connectivity index (χ4n) is 2.95. The number of carbonyl (C=O) groups excluding carboxylic acids is 1. The van der Waals surface area contributed by atoms with Crippen molar-refractivity contribution in [1.82, 2.24) is 20.5 Å². The minimum atomic E-state index is -0.519. The van der Waals surface area contributed by atoms with Gasteiger partial charge in [-0.3, -0.25) is 9.89 Å². The summed E-state index contributed by atoms with van der Waals surface area (Å²) in [4.78, 5) is 16.2. The summed E-state index contributed by atoms with van der Waals surface area (Å²) >= 11 is 5.87. The Hall–Kier alpha value is -1.99. The highest BCUT2D eigenvalue weighted by atomic mass is 35.5. The lowest BCUT2D eigenvalue weighted by Crippen LogP contribution is -2.32. The predicted molar refractivity (Wildman–Crippen MR) is 81.6 cm³/mol. The van der Waals surface area contributed by atoms with E-state index in [0.29, 0.717) is 19.4 Å². The zero-order chi connectivity index (χ0) is 16.4. The maximum absolute atomic E-state index is 13.0. The van der Waals surface area contributed by atoms with E-state index in [1.807, 2.05) is 0 Å². The Morgan fingerprint density at radius 3 is 3.00 bits per heavy atom. The third-order valence-electron chi connectivity index (χ3n) is 4.18. The van der Waals surface area contributed by atoms with Crippen LogP contribution in [-0.2, 0) is 0 Å². The molecule has 1 saturated carbocycles. The molecule has 0 saturated heterocycles. The minimum absolute atomic E-state index is 0.0639. The normalized spacial score (nSPS) is 23.9. The molecule has 122 valence electrons. The summed E-state index contributed by atoms with van der Waals surface area (Å²) in [6.45, 7) is 0.318. The monoisotopic (exact) mass is 338 g/mol. The molecule has 8 heteroatoms. The maximum Gasteiger partial charge on any atom is 0.252 e. The van der Waals surface area contributed by atoms with Gasteiger partial charge in [-0.05, 0) is 31.0 Å². The van der Waals surface area contributed by atoms with E-state index in [4.69, 9.17) is 11.6 Å². The van der Waals surface area contributed by atoms with Gasteiger partial charge in [-0.1, -0.05) is 11.6 Å². The van der Waals surface area contributed by atoms with Crippen molar-refractivity contribution in [2.45, 2.75) is 24.9 Å². The molecule has 3 atom stereocenters. The van der Waals surface area contributed by atoms with Crippen molar-refractivity contribution in [2.75, 3.05) is 6.54 Å². The first-order chi connectivity index (χ1) is 11.0. The van der Waals surface area contributed by atoms with Gasteiger partial charge in [-0.2, -0.15) is 5.10 Å². The molecule has 0 unspecified atom stereocenters. The van der Waals surface area contributed by atoms with Gasteiger partial charge in [0.05, 0.1) is 16.7 Å². The van der Waals surface area contributed by atoms with Crippen molar-refractivity contribution in [2.24, 2.45) is 5.92 Å². The number of aromatic amines is 1. The van der Waals surface area contributed by atoms with E-state index in [1.54, 1.807) is 0 Å². The van der Waals surface area contributed by atoms with Crippen molar-refractivity contribution in [3.63, 3.8) is 0 Å². The van der Waals surface area contributed by atoms with E-state index in [0.717, 1.165) is 11.9 Å². The maximum atomic E-state index is 13.0. The Morgan fingerprint density at radius 2 is 2.30 bits per heavy atom. The molecule has 1 aliphatic carbocycles. The fraction of sp³-hybridized carbons (Fsp3) is 0.400. The van der Waals surface area contributed by atoms with Gasteiger partial charge in [-0.15, -0.1) is 0 Å². The number of hydrogen-bond acceptors (Lipinski definition) is 4. The molecule has 0 aliphatic heterocycles. The highest BCUT2D eigenvalue weighted by molar-refractivity contribution is 6.33. The van der Waals surface area contributed by atoms with E-state index in [2.05, 4.69) is 20.5 Å². The molecule has 0 bridgehead atoms. The highest BCUT2D eigenvalue weighted by Gasteiger charge is 2.35. The summed E-state index contributed by atoms with van der Waals surface area (Å²) in [5, 5.41) is 19.6. The summed E-state index contributed by atoms with van der Waals surface area (Å²) in [6.07, 6.45) is 2.20.